The summed E-state index contributed by atoms with van der Waals surface area (Å²) < 4.78 is 6.28. The highest BCUT2D eigenvalue weighted by Gasteiger charge is 2.29. The number of methoxy groups -OCH3 is 1. The van der Waals surface area contributed by atoms with Gasteiger partial charge in [-0.25, -0.2) is 0 Å². The lowest BCUT2D eigenvalue weighted by Gasteiger charge is -2.28. The van der Waals surface area contributed by atoms with Crippen molar-refractivity contribution in [3.63, 3.8) is 0 Å². The van der Waals surface area contributed by atoms with E-state index in [2.05, 4.69) is 26.9 Å². The van der Waals surface area contributed by atoms with Crippen molar-refractivity contribution >= 4 is 27.5 Å². The second kappa shape index (κ2) is 7.04. The molecule has 1 aromatic carbocycles. The Morgan fingerprint density at radius 3 is 3.00 bits per heavy atom. The van der Waals surface area contributed by atoms with Gasteiger partial charge in [-0.3, -0.25) is 4.90 Å². The van der Waals surface area contributed by atoms with Gasteiger partial charge >= 0.3 is 0 Å². The Balaban J connectivity index is 2.12. The highest BCUT2D eigenvalue weighted by atomic mass is 79.9. The van der Waals surface area contributed by atoms with E-state index in [0.29, 0.717) is 12.5 Å². The SMILES string of the molecule is COCC1CCN(C(CN)c2ccc(Cl)cc2Br)C1. The van der Waals surface area contributed by atoms with Gasteiger partial charge in [0.15, 0.2) is 0 Å². The quantitative estimate of drug-likeness (QED) is 0.889. The van der Waals surface area contributed by atoms with Crippen molar-refractivity contribution in [3.05, 3.63) is 33.3 Å². The monoisotopic (exact) mass is 346 g/mol. The Bertz CT molecular complexity index is 430. The van der Waals surface area contributed by atoms with Crippen LogP contribution in [0.1, 0.15) is 18.0 Å². The van der Waals surface area contributed by atoms with Crippen molar-refractivity contribution in [3.8, 4) is 0 Å². The molecule has 0 saturated carbocycles. The first-order valence-electron chi connectivity index (χ1n) is 6.53. The van der Waals surface area contributed by atoms with Crippen LogP contribution in [0.5, 0.6) is 0 Å². The maximum absolute atomic E-state index is 6.00. The summed E-state index contributed by atoms with van der Waals surface area (Å²) in [6.07, 6.45) is 1.18. The van der Waals surface area contributed by atoms with Gasteiger partial charge in [0.1, 0.15) is 0 Å². The zero-order valence-corrected chi connectivity index (χ0v) is 13.5. The molecule has 1 aliphatic rings. The van der Waals surface area contributed by atoms with Gasteiger partial charge in [0, 0.05) is 35.7 Å². The summed E-state index contributed by atoms with van der Waals surface area (Å²) >= 11 is 9.59. The van der Waals surface area contributed by atoms with Crippen LogP contribution in [0.15, 0.2) is 22.7 Å². The van der Waals surface area contributed by atoms with Gasteiger partial charge in [0.2, 0.25) is 0 Å². The Kier molecular flexibility index (Phi) is 5.66. The zero-order chi connectivity index (χ0) is 13.8. The molecule has 1 heterocycles. The molecular weight excluding hydrogens is 328 g/mol. The van der Waals surface area contributed by atoms with E-state index in [0.717, 1.165) is 29.2 Å². The van der Waals surface area contributed by atoms with Crippen LogP contribution in [-0.4, -0.2) is 38.3 Å². The number of halogens is 2. The lowest BCUT2D eigenvalue weighted by Crippen LogP contribution is -2.32. The van der Waals surface area contributed by atoms with Gasteiger partial charge in [0.25, 0.3) is 0 Å². The molecule has 2 rings (SSSR count). The van der Waals surface area contributed by atoms with Crippen LogP contribution < -0.4 is 5.73 Å². The average Bonchev–Trinajstić information content (AvgIpc) is 2.82. The number of hydrogen-bond donors (Lipinski definition) is 1. The molecule has 0 amide bonds. The van der Waals surface area contributed by atoms with Gasteiger partial charge < -0.3 is 10.5 Å². The first kappa shape index (κ1) is 15.3. The maximum atomic E-state index is 6.00. The van der Waals surface area contributed by atoms with Crippen molar-refractivity contribution in [1.82, 2.24) is 4.90 Å². The smallest absolute Gasteiger partial charge is 0.0503 e. The molecule has 0 bridgehead atoms. The second-order valence-corrected chi connectivity index (χ2v) is 6.31. The number of hydrogen-bond acceptors (Lipinski definition) is 3. The van der Waals surface area contributed by atoms with Gasteiger partial charge in [-0.05, 0) is 36.6 Å². The molecular formula is C14H20BrClN2O. The number of likely N-dealkylation sites (tertiary alicyclic amines) is 1. The van der Waals surface area contributed by atoms with Gasteiger partial charge in [-0.2, -0.15) is 0 Å². The fourth-order valence-electron chi connectivity index (χ4n) is 2.76. The lowest BCUT2D eigenvalue weighted by atomic mass is 10.1. The minimum absolute atomic E-state index is 0.244. The highest BCUT2D eigenvalue weighted by molar-refractivity contribution is 9.10. The van der Waals surface area contributed by atoms with E-state index < -0.39 is 0 Å². The van der Waals surface area contributed by atoms with Crippen LogP contribution in [0, 0.1) is 5.92 Å². The third-order valence-electron chi connectivity index (χ3n) is 3.71. The van der Waals surface area contributed by atoms with E-state index in [1.54, 1.807) is 7.11 Å². The molecule has 0 aliphatic carbocycles. The van der Waals surface area contributed by atoms with E-state index in [4.69, 9.17) is 22.1 Å². The molecule has 106 valence electrons. The van der Waals surface area contributed by atoms with Crippen LogP contribution in [-0.2, 0) is 4.74 Å². The Labute approximate surface area is 128 Å². The predicted octanol–water partition coefficient (Wildman–Crippen LogP) is 3.07. The summed E-state index contributed by atoms with van der Waals surface area (Å²) in [5.74, 6) is 0.616. The molecule has 0 aromatic heterocycles. The van der Waals surface area contributed by atoms with E-state index in [-0.39, 0.29) is 6.04 Å². The van der Waals surface area contributed by atoms with Crippen LogP contribution in [0.4, 0.5) is 0 Å². The van der Waals surface area contributed by atoms with Crippen molar-refractivity contribution in [2.75, 3.05) is 33.4 Å². The standard InChI is InChI=1S/C14H20BrClN2O/c1-19-9-10-4-5-18(8-10)14(7-17)12-3-2-11(16)6-13(12)15/h2-3,6,10,14H,4-5,7-9,17H2,1H3. The number of rotatable bonds is 5. The molecule has 5 heteroatoms. The van der Waals surface area contributed by atoms with Crippen LogP contribution in [0.3, 0.4) is 0 Å². The molecule has 1 aromatic rings. The minimum atomic E-state index is 0.244. The fourth-order valence-corrected chi connectivity index (χ4v) is 3.71. The maximum Gasteiger partial charge on any atom is 0.0503 e. The van der Waals surface area contributed by atoms with Crippen LogP contribution in [0.2, 0.25) is 5.02 Å². The van der Waals surface area contributed by atoms with Gasteiger partial charge in [-0.15, -0.1) is 0 Å². The Hall–Kier alpha value is -0.130. The first-order valence-corrected chi connectivity index (χ1v) is 7.70. The minimum Gasteiger partial charge on any atom is -0.384 e. The number of nitrogens with zero attached hydrogens (tertiary/aromatic N) is 1. The Morgan fingerprint density at radius 1 is 1.58 bits per heavy atom. The zero-order valence-electron chi connectivity index (χ0n) is 11.1. The number of benzene rings is 1. The molecule has 2 atom stereocenters. The molecule has 0 spiro atoms. The molecule has 19 heavy (non-hydrogen) atoms. The second-order valence-electron chi connectivity index (χ2n) is 5.02. The molecule has 1 fully saturated rings. The van der Waals surface area contributed by atoms with E-state index >= 15 is 0 Å². The van der Waals surface area contributed by atoms with Crippen molar-refractivity contribution in [2.24, 2.45) is 11.7 Å². The normalized spacial score (nSPS) is 21.8. The van der Waals surface area contributed by atoms with Crippen molar-refractivity contribution < 1.29 is 4.74 Å². The Morgan fingerprint density at radius 2 is 2.37 bits per heavy atom. The van der Waals surface area contributed by atoms with E-state index in [1.165, 1.54) is 12.0 Å². The molecule has 3 nitrogen and oxygen atoms in total. The summed E-state index contributed by atoms with van der Waals surface area (Å²) in [7, 11) is 1.76. The summed E-state index contributed by atoms with van der Waals surface area (Å²) in [6, 6.07) is 6.16. The molecule has 1 aliphatic heterocycles. The topological polar surface area (TPSA) is 38.5 Å². The predicted molar refractivity (Wildman–Crippen MR) is 82.5 cm³/mol. The van der Waals surface area contributed by atoms with Gasteiger partial charge in [0.05, 0.1) is 6.61 Å². The van der Waals surface area contributed by atoms with E-state index in [1.807, 2.05) is 12.1 Å². The molecule has 2 unspecified atom stereocenters. The number of nitrogens with two attached hydrogens (primary N) is 1. The lowest BCUT2D eigenvalue weighted by molar-refractivity contribution is 0.147. The summed E-state index contributed by atoms with van der Waals surface area (Å²) in [5, 5.41) is 0.741. The van der Waals surface area contributed by atoms with Gasteiger partial charge in [-0.1, -0.05) is 33.6 Å². The molecule has 2 N–H and O–H groups in total. The number of ether oxygens (including phenoxy) is 1. The third-order valence-corrected chi connectivity index (χ3v) is 4.63. The summed E-state index contributed by atoms with van der Waals surface area (Å²) in [5.41, 5.74) is 7.20. The summed E-state index contributed by atoms with van der Waals surface area (Å²) in [4.78, 5) is 2.44. The van der Waals surface area contributed by atoms with Crippen LogP contribution >= 0.6 is 27.5 Å². The first-order chi connectivity index (χ1) is 9.15. The summed E-state index contributed by atoms with van der Waals surface area (Å²) in [6.45, 7) is 3.56. The van der Waals surface area contributed by atoms with Crippen LogP contribution in [0.25, 0.3) is 0 Å². The average molecular weight is 348 g/mol. The highest BCUT2D eigenvalue weighted by Crippen LogP contribution is 2.32. The van der Waals surface area contributed by atoms with Crippen molar-refractivity contribution in [2.45, 2.75) is 12.5 Å². The van der Waals surface area contributed by atoms with Crippen molar-refractivity contribution in [1.29, 1.82) is 0 Å². The molecule has 1 saturated heterocycles. The van der Waals surface area contributed by atoms with E-state index in [9.17, 15) is 0 Å². The third kappa shape index (κ3) is 3.70. The largest absolute Gasteiger partial charge is 0.384 e. The molecule has 0 radical (unpaired) electrons. The fraction of sp³-hybridized carbons (Fsp3) is 0.571.